The highest BCUT2D eigenvalue weighted by Gasteiger charge is 2.65. The first-order valence-electron chi connectivity index (χ1n) is 7.18. The summed E-state index contributed by atoms with van der Waals surface area (Å²) in [6.45, 7) is 3.47. The summed E-state index contributed by atoms with van der Waals surface area (Å²) in [4.78, 5) is 22.7. The first-order chi connectivity index (χ1) is 8.87. The molecule has 2 amide bonds. The first kappa shape index (κ1) is 12.8. The summed E-state index contributed by atoms with van der Waals surface area (Å²) < 4.78 is 0. The van der Waals surface area contributed by atoms with Gasteiger partial charge >= 0.3 is 12.0 Å². The number of fused-ring (bicyclic) bond motifs is 5. The summed E-state index contributed by atoms with van der Waals surface area (Å²) in [6, 6.07) is 0.122. The van der Waals surface area contributed by atoms with E-state index >= 15 is 0 Å². The zero-order valence-electron chi connectivity index (χ0n) is 11.5. The SMILES string of the molecule is CC(C)(CC(=O)O)NC(=O)NC1C2C3CCC(C3)C12. The van der Waals surface area contributed by atoms with Crippen molar-refractivity contribution in [1.82, 2.24) is 10.6 Å². The van der Waals surface area contributed by atoms with Crippen LogP contribution >= 0.6 is 0 Å². The number of carbonyl (C=O) groups is 2. The molecule has 3 rings (SSSR count). The van der Waals surface area contributed by atoms with Crippen LogP contribution in [0.2, 0.25) is 0 Å². The van der Waals surface area contributed by atoms with E-state index in [1.165, 1.54) is 19.3 Å². The van der Waals surface area contributed by atoms with Crippen LogP contribution in [0.25, 0.3) is 0 Å². The number of aliphatic carboxylic acids is 1. The van der Waals surface area contributed by atoms with Crippen LogP contribution in [0.4, 0.5) is 4.79 Å². The Morgan fingerprint density at radius 3 is 2.32 bits per heavy atom. The van der Waals surface area contributed by atoms with Crippen molar-refractivity contribution in [2.75, 3.05) is 0 Å². The van der Waals surface area contributed by atoms with Crippen LogP contribution in [0.15, 0.2) is 0 Å². The number of carboxylic acids is 1. The molecule has 0 aromatic heterocycles. The molecule has 3 aliphatic carbocycles. The van der Waals surface area contributed by atoms with Crippen LogP contribution in [-0.2, 0) is 4.79 Å². The maximum atomic E-state index is 11.9. The Kier molecular flexibility index (Phi) is 2.76. The standard InChI is InChI=1S/C14H22N2O3/c1-14(2,6-9(17)18)16-13(19)15-12-10-7-3-4-8(5-7)11(10)12/h7-8,10-12H,3-6H2,1-2H3,(H,17,18)(H2,15,16,19). The monoisotopic (exact) mass is 266 g/mol. The Morgan fingerprint density at radius 2 is 1.79 bits per heavy atom. The maximum absolute atomic E-state index is 11.9. The van der Waals surface area contributed by atoms with Gasteiger partial charge in [-0.05, 0) is 56.8 Å². The second kappa shape index (κ2) is 4.12. The fraction of sp³-hybridized carbons (Fsp3) is 0.857. The van der Waals surface area contributed by atoms with Gasteiger partial charge in [-0.3, -0.25) is 4.79 Å². The summed E-state index contributed by atoms with van der Waals surface area (Å²) >= 11 is 0. The second-order valence-electron chi connectivity index (χ2n) is 7.07. The Balaban J connectivity index is 1.49. The normalized spacial score (nSPS) is 38.7. The van der Waals surface area contributed by atoms with Gasteiger partial charge in [-0.15, -0.1) is 0 Å². The number of carbonyl (C=O) groups excluding carboxylic acids is 1. The number of rotatable bonds is 4. The van der Waals surface area contributed by atoms with Gasteiger partial charge in [0.1, 0.15) is 0 Å². The first-order valence-corrected chi connectivity index (χ1v) is 7.18. The van der Waals surface area contributed by atoms with Crippen LogP contribution in [-0.4, -0.2) is 28.7 Å². The molecule has 19 heavy (non-hydrogen) atoms. The Labute approximate surface area is 113 Å². The molecule has 5 nitrogen and oxygen atoms in total. The van der Waals surface area contributed by atoms with Crippen LogP contribution in [0, 0.1) is 23.7 Å². The molecule has 0 radical (unpaired) electrons. The van der Waals surface area contributed by atoms with Crippen LogP contribution in [0.1, 0.15) is 39.5 Å². The van der Waals surface area contributed by atoms with E-state index in [-0.39, 0.29) is 12.5 Å². The van der Waals surface area contributed by atoms with Gasteiger partial charge < -0.3 is 15.7 Å². The van der Waals surface area contributed by atoms with E-state index < -0.39 is 11.5 Å². The van der Waals surface area contributed by atoms with E-state index in [1.807, 2.05) is 0 Å². The minimum atomic E-state index is -0.897. The fourth-order valence-corrected chi connectivity index (χ4v) is 4.44. The van der Waals surface area contributed by atoms with Crippen molar-refractivity contribution in [2.24, 2.45) is 23.7 Å². The van der Waals surface area contributed by atoms with Crippen molar-refractivity contribution >= 4 is 12.0 Å². The van der Waals surface area contributed by atoms with Crippen molar-refractivity contribution in [3.63, 3.8) is 0 Å². The summed E-state index contributed by atoms with van der Waals surface area (Å²) in [5.41, 5.74) is -0.709. The average molecular weight is 266 g/mol. The Hall–Kier alpha value is -1.26. The molecule has 0 aromatic rings. The summed E-state index contributed by atoms with van der Waals surface area (Å²) in [7, 11) is 0. The van der Waals surface area contributed by atoms with E-state index in [0.29, 0.717) is 17.9 Å². The van der Waals surface area contributed by atoms with Gasteiger partial charge in [-0.2, -0.15) is 0 Å². The van der Waals surface area contributed by atoms with E-state index in [4.69, 9.17) is 5.11 Å². The minimum absolute atomic E-state index is 0.0663. The van der Waals surface area contributed by atoms with Gasteiger partial charge in [0.25, 0.3) is 0 Å². The van der Waals surface area contributed by atoms with Crippen molar-refractivity contribution in [2.45, 2.75) is 51.1 Å². The highest BCUT2D eigenvalue weighted by molar-refractivity contribution is 5.77. The average Bonchev–Trinajstić information content (AvgIpc) is 2.68. The molecule has 4 unspecified atom stereocenters. The number of nitrogens with one attached hydrogen (secondary N) is 2. The molecule has 0 saturated heterocycles. The summed E-state index contributed by atoms with van der Waals surface area (Å²) in [5.74, 6) is 2.16. The van der Waals surface area contributed by atoms with Crippen LogP contribution < -0.4 is 10.6 Å². The number of carboxylic acid groups (broad SMARTS) is 1. The molecule has 3 fully saturated rings. The third kappa shape index (κ3) is 2.30. The van der Waals surface area contributed by atoms with Crippen molar-refractivity contribution in [3.8, 4) is 0 Å². The predicted octanol–water partition coefficient (Wildman–Crippen LogP) is 1.58. The third-order valence-corrected chi connectivity index (χ3v) is 5.08. The molecule has 3 aliphatic rings. The molecule has 106 valence electrons. The molecule has 5 heteroatoms. The quantitative estimate of drug-likeness (QED) is 0.723. The maximum Gasteiger partial charge on any atom is 0.315 e. The lowest BCUT2D eigenvalue weighted by Gasteiger charge is -2.24. The van der Waals surface area contributed by atoms with E-state index in [9.17, 15) is 9.59 Å². The number of urea groups is 1. The molecule has 0 heterocycles. The van der Waals surface area contributed by atoms with Crippen molar-refractivity contribution in [3.05, 3.63) is 0 Å². The molecule has 3 saturated carbocycles. The predicted molar refractivity (Wildman–Crippen MR) is 69.6 cm³/mol. The van der Waals surface area contributed by atoms with Gasteiger partial charge in [0.05, 0.1) is 6.42 Å². The number of amides is 2. The van der Waals surface area contributed by atoms with Gasteiger partial charge in [0.2, 0.25) is 0 Å². The summed E-state index contributed by atoms with van der Waals surface area (Å²) in [6.07, 6.45) is 3.95. The highest BCUT2D eigenvalue weighted by atomic mass is 16.4. The van der Waals surface area contributed by atoms with Crippen LogP contribution in [0.3, 0.4) is 0 Å². The van der Waals surface area contributed by atoms with Gasteiger partial charge in [0.15, 0.2) is 0 Å². The smallest absolute Gasteiger partial charge is 0.315 e. The van der Waals surface area contributed by atoms with Crippen molar-refractivity contribution < 1.29 is 14.7 Å². The molecule has 0 aliphatic heterocycles. The molecular weight excluding hydrogens is 244 g/mol. The van der Waals surface area contributed by atoms with E-state index in [2.05, 4.69) is 10.6 Å². The zero-order chi connectivity index (χ0) is 13.8. The number of hydrogen-bond donors (Lipinski definition) is 3. The topological polar surface area (TPSA) is 78.4 Å². The lowest BCUT2D eigenvalue weighted by atomic mass is 10.0. The lowest BCUT2D eigenvalue weighted by Crippen LogP contribution is -2.50. The second-order valence-corrected chi connectivity index (χ2v) is 7.07. The molecule has 4 atom stereocenters. The highest BCUT2D eigenvalue weighted by Crippen LogP contribution is 2.65. The lowest BCUT2D eigenvalue weighted by molar-refractivity contribution is -0.138. The minimum Gasteiger partial charge on any atom is -0.481 e. The van der Waals surface area contributed by atoms with Gasteiger partial charge in [-0.25, -0.2) is 4.79 Å². The Morgan fingerprint density at radius 1 is 1.21 bits per heavy atom. The fourth-order valence-electron chi connectivity index (χ4n) is 4.44. The van der Waals surface area contributed by atoms with E-state index in [0.717, 1.165) is 11.8 Å². The molecule has 2 bridgehead atoms. The molecule has 0 aromatic carbocycles. The number of hydrogen-bond acceptors (Lipinski definition) is 2. The molecule has 0 spiro atoms. The van der Waals surface area contributed by atoms with Crippen molar-refractivity contribution in [1.29, 1.82) is 0 Å². The Bertz CT molecular complexity index is 405. The van der Waals surface area contributed by atoms with E-state index in [1.54, 1.807) is 13.8 Å². The van der Waals surface area contributed by atoms with Crippen LogP contribution in [0.5, 0.6) is 0 Å². The third-order valence-electron chi connectivity index (χ3n) is 5.08. The van der Waals surface area contributed by atoms with Gasteiger partial charge in [0, 0.05) is 11.6 Å². The molecular formula is C14H22N2O3. The summed E-state index contributed by atoms with van der Waals surface area (Å²) in [5, 5.41) is 14.6. The molecule has 3 N–H and O–H groups in total. The largest absolute Gasteiger partial charge is 0.481 e. The zero-order valence-corrected chi connectivity index (χ0v) is 11.5. The van der Waals surface area contributed by atoms with Gasteiger partial charge in [-0.1, -0.05) is 0 Å².